The molecule has 12 heteroatoms. The summed E-state index contributed by atoms with van der Waals surface area (Å²) >= 11 is 2.13. The van der Waals surface area contributed by atoms with Crippen LogP contribution in [-0.4, -0.2) is 67.8 Å². The van der Waals surface area contributed by atoms with Gasteiger partial charge in [-0.15, -0.1) is 22.7 Å². The fraction of sp³-hybridized carbons (Fsp3) is 0.250. The highest BCUT2D eigenvalue weighted by atomic mass is 32.2. The summed E-state index contributed by atoms with van der Waals surface area (Å²) in [6.07, 6.45) is 0. The minimum absolute atomic E-state index is 0.0479. The Hall–Kier alpha value is -2.67. The number of ether oxygens (including phenoxy) is 1. The summed E-state index contributed by atoms with van der Waals surface area (Å²) in [4.78, 5) is 30.2. The molecule has 3 aromatic rings. The molecule has 1 aliphatic heterocycles. The van der Waals surface area contributed by atoms with E-state index < -0.39 is 21.8 Å². The third kappa shape index (κ3) is 4.31. The molecular weight excluding hydrogens is 477 g/mol. The molecule has 8 nitrogen and oxygen atoms in total. The molecule has 0 bridgehead atoms. The molecule has 1 fully saturated rings. The number of sulfonamides is 1. The number of halogens is 1. The van der Waals surface area contributed by atoms with Crippen molar-refractivity contribution < 1.29 is 27.1 Å². The lowest BCUT2D eigenvalue weighted by molar-refractivity contribution is 0.0600. The highest BCUT2D eigenvalue weighted by Gasteiger charge is 2.32. The minimum atomic E-state index is -3.78. The van der Waals surface area contributed by atoms with Crippen molar-refractivity contribution >= 4 is 44.6 Å². The van der Waals surface area contributed by atoms with Crippen LogP contribution in [0.25, 0.3) is 10.6 Å². The predicted molar refractivity (Wildman–Crippen MR) is 118 cm³/mol. The van der Waals surface area contributed by atoms with Crippen LogP contribution in [0, 0.1) is 5.82 Å². The first-order chi connectivity index (χ1) is 15.3. The monoisotopic (exact) mass is 495 g/mol. The minimum Gasteiger partial charge on any atom is -0.465 e. The third-order valence-electron chi connectivity index (χ3n) is 4.94. The molecule has 1 amide bonds. The van der Waals surface area contributed by atoms with Gasteiger partial charge in [-0.3, -0.25) is 4.79 Å². The SMILES string of the molecule is COC(=O)c1csc(S(=O)(=O)N2CCN(C(=O)c3csc(-c4ccccc4F)n3)CC2)c1. The number of piperazine rings is 1. The van der Waals surface area contributed by atoms with Gasteiger partial charge in [0.25, 0.3) is 15.9 Å². The Bertz CT molecular complexity index is 1260. The smallest absolute Gasteiger partial charge is 0.338 e. The maximum Gasteiger partial charge on any atom is 0.338 e. The van der Waals surface area contributed by atoms with Crippen molar-refractivity contribution in [3.8, 4) is 10.6 Å². The lowest BCUT2D eigenvalue weighted by atomic mass is 10.2. The van der Waals surface area contributed by atoms with E-state index in [1.807, 2.05) is 0 Å². The maximum atomic E-state index is 14.0. The number of hydrogen-bond acceptors (Lipinski definition) is 8. The second kappa shape index (κ2) is 9.06. The molecule has 4 rings (SSSR count). The number of carbonyl (C=O) groups is 2. The molecule has 0 N–H and O–H groups in total. The predicted octanol–water partition coefficient (Wildman–Crippen LogP) is 2.94. The summed E-state index contributed by atoms with van der Waals surface area (Å²) < 4.78 is 45.7. The number of esters is 1. The van der Waals surface area contributed by atoms with E-state index in [0.29, 0.717) is 10.6 Å². The summed E-state index contributed by atoms with van der Waals surface area (Å²) in [6.45, 7) is 0.618. The highest BCUT2D eigenvalue weighted by Crippen LogP contribution is 2.28. The number of thiophene rings is 1. The molecule has 0 saturated carbocycles. The molecule has 0 spiro atoms. The number of methoxy groups -OCH3 is 1. The Kier molecular flexibility index (Phi) is 6.38. The zero-order chi connectivity index (χ0) is 22.9. The molecule has 32 heavy (non-hydrogen) atoms. The normalized spacial score (nSPS) is 15.0. The number of rotatable bonds is 5. The first-order valence-corrected chi connectivity index (χ1v) is 12.7. The van der Waals surface area contributed by atoms with Crippen LogP contribution in [0.5, 0.6) is 0 Å². The number of aromatic nitrogens is 1. The number of carbonyl (C=O) groups excluding carboxylic acids is 2. The molecule has 0 radical (unpaired) electrons. The molecule has 1 aromatic carbocycles. The Morgan fingerprint density at radius 3 is 2.50 bits per heavy atom. The van der Waals surface area contributed by atoms with Gasteiger partial charge in [0.2, 0.25) is 0 Å². The first-order valence-electron chi connectivity index (χ1n) is 9.48. The van der Waals surface area contributed by atoms with Gasteiger partial charge in [-0.2, -0.15) is 4.31 Å². The van der Waals surface area contributed by atoms with Crippen LogP contribution in [0.3, 0.4) is 0 Å². The molecule has 0 atom stereocenters. The second-order valence-corrected chi connectivity index (χ2v) is 10.8. The van der Waals surface area contributed by atoms with Gasteiger partial charge in [0.1, 0.15) is 20.7 Å². The van der Waals surface area contributed by atoms with Crippen molar-refractivity contribution in [1.82, 2.24) is 14.2 Å². The second-order valence-electron chi connectivity index (χ2n) is 6.86. The first kappa shape index (κ1) is 22.5. The Labute approximate surface area is 191 Å². The molecule has 1 saturated heterocycles. The summed E-state index contributed by atoms with van der Waals surface area (Å²) in [7, 11) is -2.55. The number of amides is 1. The molecule has 3 heterocycles. The van der Waals surface area contributed by atoms with Gasteiger partial charge in [-0.25, -0.2) is 22.6 Å². The number of nitrogens with zero attached hydrogens (tertiary/aromatic N) is 3. The Balaban J connectivity index is 1.42. The van der Waals surface area contributed by atoms with E-state index in [9.17, 15) is 22.4 Å². The van der Waals surface area contributed by atoms with E-state index >= 15 is 0 Å². The van der Waals surface area contributed by atoms with Crippen molar-refractivity contribution in [3.63, 3.8) is 0 Å². The molecule has 0 aliphatic carbocycles. The van der Waals surface area contributed by atoms with E-state index in [-0.39, 0.29) is 47.6 Å². The van der Waals surface area contributed by atoms with Crippen molar-refractivity contribution in [3.05, 3.63) is 58.2 Å². The van der Waals surface area contributed by atoms with Crippen molar-refractivity contribution in [1.29, 1.82) is 0 Å². The van der Waals surface area contributed by atoms with E-state index in [2.05, 4.69) is 9.72 Å². The topological polar surface area (TPSA) is 96.9 Å². The van der Waals surface area contributed by atoms with Gasteiger partial charge < -0.3 is 9.64 Å². The van der Waals surface area contributed by atoms with Crippen LogP contribution in [0.4, 0.5) is 4.39 Å². The Morgan fingerprint density at radius 1 is 1.09 bits per heavy atom. The van der Waals surface area contributed by atoms with Gasteiger partial charge in [0.15, 0.2) is 0 Å². The van der Waals surface area contributed by atoms with Crippen molar-refractivity contribution in [2.75, 3.05) is 33.3 Å². The van der Waals surface area contributed by atoms with Gasteiger partial charge in [0, 0.05) is 42.5 Å². The average molecular weight is 496 g/mol. The zero-order valence-electron chi connectivity index (χ0n) is 16.9. The number of hydrogen-bond donors (Lipinski definition) is 0. The van der Waals surface area contributed by atoms with E-state index in [1.165, 1.54) is 45.2 Å². The number of benzene rings is 1. The quantitative estimate of drug-likeness (QED) is 0.505. The summed E-state index contributed by atoms with van der Waals surface area (Å²) in [5.74, 6) is -1.34. The zero-order valence-corrected chi connectivity index (χ0v) is 19.3. The lowest BCUT2D eigenvalue weighted by Crippen LogP contribution is -2.50. The fourth-order valence-electron chi connectivity index (χ4n) is 3.23. The van der Waals surface area contributed by atoms with Crippen LogP contribution < -0.4 is 0 Å². The Morgan fingerprint density at radius 2 is 1.81 bits per heavy atom. The van der Waals surface area contributed by atoms with E-state index in [1.54, 1.807) is 23.6 Å². The van der Waals surface area contributed by atoms with Crippen LogP contribution in [0.2, 0.25) is 0 Å². The van der Waals surface area contributed by atoms with Gasteiger partial charge in [-0.1, -0.05) is 12.1 Å². The number of thiazole rings is 1. The molecular formula is C20H18FN3O5S3. The standard InChI is InChI=1S/C20H18FN3O5S3/c1-29-20(26)13-10-17(30-11-13)32(27,28)24-8-6-23(7-9-24)19(25)16-12-31-18(22-16)14-4-2-3-5-15(14)21/h2-5,10-12H,6-9H2,1H3. The van der Waals surface area contributed by atoms with E-state index in [0.717, 1.165) is 11.3 Å². The largest absolute Gasteiger partial charge is 0.465 e. The van der Waals surface area contributed by atoms with Crippen LogP contribution in [0.1, 0.15) is 20.8 Å². The molecule has 2 aromatic heterocycles. The van der Waals surface area contributed by atoms with Gasteiger partial charge in [0.05, 0.1) is 12.7 Å². The highest BCUT2D eigenvalue weighted by molar-refractivity contribution is 7.91. The maximum absolute atomic E-state index is 14.0. The van der Waals surface area contributed by atoms with Crippen LogP contribution in [0.15, 0.2) is 45.3 Å². The van der Waals surface area contributed by atoms with Gasteiger partial charge in [-0.05, 0) is 18.2 Å². The van der Waals surface area contributed by atoms with Crippen LogP contribution >= 0.6 is 22.7 Å². The average Bonchev–Trinajstić information content (AvgIpc) is 3.49. The molecule has 0 unspecified atom stereocenters. The summed E-state index contributed by atoms with van der Waals surface area (Å²) in [5.41, 5.74) is 0.708. The summed E-state index contributed by atoms with van der Waals surface area (Å²) in [6, 6.07) is 7.51. The van der Waals surface area contributed by atoms with E-state index in [4.69, 9.17) is 0 Å². The van der Waals surface area contributed by atoms with Crippen LogP contribution in [-0.2, 0) is 14.8 Å². The molecule has 168 valence electrons. The molecule has 1 aliphatic rings. The van der Waals surface area contributed by atoms with Gasteiger partial charge >= 0.3 is 5.97 Å². The van der Waals surface area contributed by atoms with Crippen molar-refractivity contribution in [2.24, 2.45) is 0 Å². The van der Waals surface area contributed by atoms with Crippen molar-refractivity contribution in [2.45, 2.75) is 4.21 Å². The fourth-order valence-corrected chi connectivity index (χ4v) is 6.77. The third-order valence-corrected chi connectivity index (χ3v) is 9.13. The lowest BCUT2D eigenvalue weighted by Gasteiger charge is -2.33. The summed E-state index contributed by atoms with van der Waals surface area (Å²) in [5, 5.41) is 3.42.